The summed E-state index contributed by atoms with van der Waals surface area (Å²) in [5, 5.41) is 2.96. The van der Waals surface area contributed by atoms with Crippen molar-refractivity contribution in [3.63, 3.8) is 0 Å². The fourth-order valence-corrected chi connectivity index (χ4v) is 2.26. The fraction of sp³-hybridized carbons (Fsp3) is 0.833. The Bertz CT molecular complexity index is 302. The van der Waals surface area contributed by atoms with Gasteiger partial charge in [-0.15, -0.1) is 0 Å². The van der Waals surface area contributed by atoms with E-state index in [2.05, 4.69) is 5.32 Å². The number of carbonyl (C=O) groups excluding carboxylic acids is 2. The fourth-order valence-electron chi connectivity index (χ4n) is 2.26. The number of nitrogens with one attached hydrogen (secondary N) is 1. The molecule has 0 unspecified atom stereocenters. The Morgan fingerprint density at radius 2 is 2.12 bits per heavy atom. The second kappa shape index (κ2) is 5.49. The van der Waals surface area contributed by atoms with Crippen molar-refractivity contribution >= 4 is 11.9 Å². The van der Waals surface area contributed by atoms with Crippen molar-refractivity contribution < 1.29 is 14.3 Å². The molecule has 0 radical (unpaired) electrons. The number of rotatable bonds is 4. The van der Waals surface area contributed by atoms with Gasteiger partial charge in [0, 0.05) is 12.6 Å². The highest BCUT2D eigenvalue weighted by Gasteiger charge is 2.29. The van der Waals surface area contributed by atoms with Gasteiger partial charge in [0.15, 0.2) is 0 Å². The summed E-state index contributed by atoms with van der Waals surface area (Å²) in [6, 6.07) is 0.406. The Balaban J connectivity index is 1.75. The molecular weight excluding hydrogens is 220 g/mol. The third-order valence-electron chi connectivity index (χ3n) is 3.35. The van der Waals surface area contributed by atoms with Crippen molar-refractivity contribution in [2.24, 2.45) is 5.92 Å². The van der Waals surface area contributed by atoms with Gasteiger partial charge in [-0.1, -0.05) is 0 Å². The summed E-state index contributed by atoms with van der Waals surface area (Å²) in [5.74, 6) is -0.141. The maximum atomic E-state index is 11.6. The van der Waals surface area contributed by atoms with Crippen LogP contribution < -0.4 is 5.32 Å². The second-order valence-electron chi connectivity index (χ2n) is 4.94. The zero-order valence-electron chi connectivity index (χ0n) is 10.3. The topological polar surface area (TPSA) is 58.6 Å². The molecule has 1 heterocycles. The molecule has 1 N–H and O–H groups in total. The third-order valence-corrected chi connectivity index (χ3v) is 3.35. The van der Waals surface area contributed by atoms with E-state index in [4.69, 9.17) is 4.74 Å². The van der Waals surface area contributed by atoms with Gasteiger partial charge in [0.05, 0.1) is 19.6 Å². The van der Waals surface area contributed by atoms with E-state index in [1.807, 2.05) is 4.90 Å². The number of hydrogen-bond acceptors (Lipinski definition) is 4. The molecule has 1 saturated heterocycles. The first-order valence-corrected chi connectivity index (χ1v) is 6.28. The third kappa shape index (κ3) is 3.70. The van der Waals surface area contributed by atoms with Gasteiger partial charge in [-0.3, -0.25) is 14.5 Å². The molecule has 0 aromatic carbocycles. The summed E-state index contributed by atoms with van der Waals surface area (Å²) in [6.45, 7) is 1.94. The second-order valence-corrected chi connectivity index (χ2v) is 4.94. The summed E-state index contributed by atoms with van der Waals surface area (Å²) in [6.07, 6.45) is 4.04. The number of hydrogen-bond donors (Lipinski definition) is 1. The van der Waals surface area contributed by atoms with Crippen LogP contribution in [-0.4, -0.2) is 49.6 Å². The molecule has 2 rings (SSSR count). The van der Waals surface area contributed by atoms with E-state index in [1.54, 1.807) is 0 Å². The molecule has 0 aromatic heterocycles. The monoisotopic (exact) mass is 240 g/mol. The summed E-state index contributed by atoms with van der Waals surface area (Å²) in [7, 11) is 1.42. The summed E-state index contributed by atoms with van der Waals surface area (Å²) >= 11 is 0. The van der Waals surface area contributed by atoms with Crippen LogP contribution in [0.2, 0.25) is 0 Å². The van der Waals surface area contributed by atoms with E-state index in [0.717, 1.165) is 32.2 Å². The highest BCUT2D eigenvalue weighted by molar-refractivity contribution is 5.79. The zero-order chi connectivity index (χ0) is 12.3. The highest BCUT2D eigenvalue weighted by atomic mass is 16.5. The lowest BCUT2D eigenvalue weighted by Gasteiger charge is -2.30. The van der Waals surface area contributed by atoms with Crippen LogP contribution >= 0.6 is 0 Å². The molecule has 1 saturated carbocycles. The van der Waals surface area contributed by atoms with E-state index in [0.29, 0.717) is 19.1 Å². The first-order valence-electron chi connectivity index (χ1n) is 6.28. The summed E-state index contributed by atoms with van der Waals surface area (Å²) < 4.78 is 4.75. The van der Waals surface area contributed by atoms with Crippen molar-refractivity contribution in [2.45, 2.75) is 31.7 Å². The standard InChI is InChI=1S/C12H20N2O3/c1-17-12(16)9-3-2-6-14(7-9)8-11(15)13-10-4-5-10/h9-10H,2-8H2,1H3,(H,13,15)/t9-/m0/s1. The van der Waals surface area contributed by atoms with Crippen LogP contribution in [0.4, 0.5) is 0 Å². The lowest BCUT2D eigenvalue weighted by molar-refractivity contribution is -0.147. The molecule has 1 aliphatic heterocycles. The van der Waals surface area contributed by atoms with Crippen LogP contribution in [0.1, 0.15) is 25.7 Å². The molecule has 1 aliphatic carbocycles. The van der Waals surface area contributed by atoms with Gasteiger partial charge in [-0.25, -0.2) is 0 Å². The van der Waals surface area contributed by atoms with E-state index >= 15 is 0 Å². The number of piperidine rings is 1. The molecule has 1 amide bonds. The molecule has 1 atom stereocenters. The number of amides is 1. The van der Waals surface area contributed by atoms with Crippen LogP contribution in [0.5, 0.6) is 0 Å². The van der Waals surface area contributed by atoms with Crippen molar-refractivity contribution in [2.75, 3.05) is 26.7 Å². The number of likely N-dealkylation sites (tertiary alicyclic amines) is 1. The molecule has 96 valence electrons. The lowest BCUT2D eigenvalue weighted by Crippen LogP contribution is -2.44. The van der Waals surface area contributed by atoms with E-state index < -0.39 is 0 Å². The number of ether oxygens (including phenoxy) is 1. The van der Waals surface area contributed by atoms with Gasteiger partial charge in [-0.2, -0.15) is 0 Å². The highest BCUT2D eigenvalue weighted by Crippen LogP contribution is 2.19. The average Bonchev–Trinajstić information content (AvgIpc) is 3.12. The molecular formula is C12H20N2O3. The van der Waals surface area contributed by atoms with Crippen LogP contribution in [-0.2, 0) is 14.3 Å². The van der Waals surface area contributed by atoms with Crippen molar-refractivity contribution in [1.29, 1.82) is 0 Å². The Hall–Kier alpha value is -1.10. The van der Waals surface area contributed by atoms with Crippen LogP contribution in [0, 0.1) is 5.92 Å². The van der Waals surface area contributed by atoms with Gasteiger partial charge in [0.25, 0.3) is 0 Å². The Morgan fingerprint density at radius 3 is 2.76 bits per heavy atom. The smallest absolute Gasteiger partial charge is 0.309 e. The van der Waals surface area contributed by atoms with Crippen molar-refractivity contribution in [3.05, 3.63) is 0 Å². The first-order chi connectivity index (χ1) is 8.19. The number of nitrogens with zero attached hydrogens (tertiary/aromatic N) is 1. The molecule has 5 heteroatoms. The normalized spacial score (nSPS) is 25.4. The van der Waals surface area contributed by atoms with Gasteiger partial charge in [-0.05, 0) is 32.2 Å². The number of esters is 1. The van der Waals surface area contributed by atoms with E-state index in [-0.39, 0.29) is 17.8 Å². The molecule has 5 nitrogen and oxygen atoms in total. The summed E-state index contributed by atoms with van der Waals surface area (Å²) in [5.41, 5.74) is 0. The van der Waals surface area contributed by atoms with Gasteiger partial charge >= 0.3 is 5.97 Å². The van der Waals surface area contributed by atoms with Gasteiger partial charge in [0.2, 0.25) is 5.91 Å². The molecule has 0 spiro atoms. The zero-order valence-corrected chi connectivity index (χ0v) is 10.3. The van der Waals surface area contributed by atoms with Crippen LogP contribution in [0.15, 0.2) is 0 Å². The minimum Gasteiger partial charge on any atom is -0.469 e. The SMILES string of the molecule is COC(=O)[C@H]1CCCN(CC(=O)NC2CC2)C1. The van der Waals surface area contributed by atoms with Gasteiger partial charge in [0.1, 0.15) is 0 Å². The Labute approximate surface area is 101 Å². The van der Waals surface area contributed by atoms with Gasteiger partial charge < -0.3 is 10.1 Å². The van der Waals surface area contributed by atoms with Crippen molar-refractivity contribution in [1.82, 2.24) is 10.2 Å². The summed E-state index contributed by atoms with van der Waals surface area (Å²) in [4.78, 5) is 25.1. The predicted octanol–water partition coefficient (Wildman–Crippen LogP) is 0.150. The molecule has 0 aromatic rings. The van der Waals surface area contributed by atoms with Crippen LogP contribution in [0.3, 0.4) is 0 Å². The predicted molar refractivity (Wildman–Crippen MR) is 62.3 cm³/mol. The van der Waals surface area contributed by atoms with E-state index in [9.17, 15) is 9.59 Å². The average molecular weight is 240 g/mol. The van der Waals surface area contributed by atoms with E-state index in [1.165, 1.54) is 7.11 Å². The lowest BCUT2D eigenvalue weighted by atomic mass is 9.98. The maximum Gasteiger partial charge on any atom is 0.309 e. The Morgan fingerprint density at radius 1 is 1.35 bits per heavy atom. The quantitative estimate of drug-likeness (QED) is 0.711. The largest absolute Gasteiger partial charge is 0.469 e. The first kappa shape index (κ1) is 12.4. The number of carbonyl (C=O) groups is 2. The molecule has 2 aliphatic rings. The van der Waals surface area contributed by atoms with Crippen LogP contribution in [0.25, 0.3) is 0 Å². The molecule has 17 heavy (non-hydrogen) atoms. The molecule has 2 fully saturated rings. The maximum absolute atomic E-state index is 11.6. The Kier molecular flexibility index (Phi) is 3.99. The number of methoxy groups -OCH3 is 1. The minimum atomic E-state index is -0.155. The van der Waals surface area contributed by atoms with Crippen molar-refractivity contribution in [3.8, 4) is 0 Å². The molecule has 0 bridgehead atoms. The minimum absolute atomic E-state index is 0.0672.